The second-order valence-electron chi connectivity index (χ2n) is 3.94. The standard InChI is InChI=1S/C12H16Cl2N2O2/c1-3-8(7-16(2)12(15)17)18-9-4-5-10(13)11(14)6-9/h4-6,8H,3,7H2,1-2H3,(H2,15,17). The molecule has 18 heavy (non-hydrogen) atoms. The summed E-state index contributed by atoms with van der Waals surface area (Å²) in [6.45, 7) is 2.39. The van der Waals surface area contributed by atoms with Gasteiger partial charge in [-0.1, -0.05) is 30.1 Å². The van der Waals surface area contributed by atoms with Gasteiger partial charge in [0.2, 0.25) is 0 Å². The Morgan fingerprint density at radius 2 is 2.11 bits per heavy atom. The zero-order valence-electron chi connectivity index (χ0n) is 10.3. The van der Waals surface area contributed by atoms with Gasteiger partial charge < -0.3 is 15.4 Å². The average molecular weight is 291 g/mol. The molecule has 2 amide bonds. The maximum atomic E-state index is 11.0. The highest BCUT2D eigenvalue weighted by Crippen LogP contribution is 2.27. The molecule has 2 N–H and O–H groups in total. The van der Waals surface area contributed by atoms with Crippen LogP contribution >= 0.6 is 23.2 Å². The Labute approximate surface area is 117 Å². The normalized spacial score (nSPS) is 12.0. The molecule has 0 radical (unpaired) electrons. The number of rotatable bonds is 5. The molecule has 1 atom stereocenters. The zero-order chi connectivity index (χ0) is 13.7. The van der Waals surface area contributed by atoms with Gasteiger partial charge in [-0.3, -0.25) is 0 Å². The van der Waals surface area contributed by atoms with Gasteiger partial charge in [0.05, 0.1) is 16.6 Å². The molecular weight excluding hydrogens is 275 g/mol. The molecule has 1 rings (SSSR count). The Morgan fingerprint density at radius 3 is 2.61 bits per heavy atom. The summed E-state index contributed by atoms with van der Waals surface area (Å²) in [7, 11) is 1.63. The van der Waals surface area contributed by atoms with E-state index in [-0.39, 0.29) is 6.10 Å². The molecule has 0 saturated carbocycles. The summed E-state index contributed by atoms with van der Waals surface area (Å²) >= 11 is 11.7. The average Bonchev–Trinajstić information content (AvgIpc) is 2.32. The minimum Gasteiger partial charge on any atom is -0.489 e. The molecule has 4 nitrogen and oxygen atoms in total. The molecule has 0 aliphatic rings. The molecule has 0 aliphatic heterocycles. The van der Waals surface area contributed by atoms with Crippen molar-refractivity contribution in [1.82, 2.24) is 4.90 Å². The SMILES string of the molecule is CCC(CN(C)C(N)=O)Oc1ccc(Cl)c(Cl)c1. The quantitative estimate of drug-likeness (QED) is 0.906. The fourth-order valence-electron chi connectivity index (χ4n) is 1.39. The molecule has 0 bridgehead atoms. The number of carbonyl (C=O) groups excluding carboxylic acids is 1. The zero-order valence-corrected chi connectivity index (χ0v) is 11.8. The van der Waals surface area contributed by atoms with Crippen molar-refractivity contribution in [2.24, 2.45) is 5.73 Å². The number of carbonyl (C=O) groups is 1. The minimum absolute atomic E-state index is 0.139. The molecule has 0 aliphatic carbocycles. The molecular formula is C12H16Cl2N2O2. The van der Waals surface area contributed by atoms with Gasteiger partial charge in [0.15, 0.2) is 0 Å². The van der Waals surface area contributed by atoms with Crippen LogP contribution < -0.4 is 10.5 Å². The molecule has 0 aromatic heterocycles. The van der Waals surface area contributed by atoms with Crippen LogP contribution in [-0.4, -0.2) is 30.6 Å². The van der Waals surface area contributed by atoms with Gasteiger partial charge in [0.1, 0.15) is 11.9 Å². The van der Waals surface area contributed by atoms with Crippen LogP contribution in [0.15, 0.2) is 18.2 Å². The van der Waals surface area contributed by atoms with E-state index in [1.807, 2.05) is 6.92 Å². The van der Waals surface area contributed by atoms with Gasteiger partial charge >= 0.3 is 6.03 Å². The number of hydrogen-bond acceptors (Lipinski definition) is 2. The van der Waals surface area contributed by atoms with Gasteiger partial charge in [0, 0.05) is 13.1 Å². The smallest absolute Gasteiger partial charge is 0.314 e. The summed E-state index contributed by atoms with van der Waals surface area (Å²) < 4.78 is 5.73. The summed E-state index contributed by atoms with van der Waals surface area (Å²) in [6, 6.07) is 4.58. The van der Waals surface area contributed by atoms with Gasteiger partial charge in [-0.25, -0.2) is 4.79 Å². The van der Waals surface area contributed by atoms with Crippen LogP contribution in [0.25, 0.3) is 0 Å². The number of halogens is 2. The number of likely N-dealkylation sites (N-methyl/N-ethyl adjacent to an activating group) is 1. The van der Waals surface area contributed by atoms with Crippen molar-refractivity contribution >= 4 is 29.2 Å². The van der Waals surface area contributed by atoms with E-state index in [0.717, 1.165) is 6.42 Å². The number of hydrogen-bond donors (Lipinski definition) is 1. The molecule has 100 valence electrons. The highest BCUT2D eigenvalue weighted by atomic mass is 35.5. The van der Waals surface area contributed by atoms with Gasteiger partial charge in [-0.05, 0) is 18.6 Å². The van der Waals surface area contributed by atoms with E-state index in [0.29, 0.717) is 22.3 Å². The number of benzene rings is 1. The van der Waals surface area contributed by atoms with Crippen molar-refractivity contribution in [3.05, 3.63) is 28.2 Å². The highest BCUT2D eigenvalue weighted by molar-refractivity contribution is 6.42. The third-order valence-corrected chi connectivity index (χ3v) is 3.24. The predicted octanol–water partition coefficient (Wildman–Crippen LogP) is 3.16. The Kier molecular flexibility index (Phi) is 5.56. The molecule has 0 spiro atoms. The molecule has 1 aromatic carbocycles. The number of nitrogens with zero attached hydrogens (tertiary/aromatic N) is 1. The van der Waals surface area contributed by atoms with E-state index >= 15 is 0 Å². The van der Waals surface area contributed by atoms with Crippen LogP contribution in [0.4, 0.5) is 4.79 Å². The first-order valence-electron chi connectivity index (χ1n) is 5.56. The summed E-state index contributed by atoms with van der Waals surface area (Å²) in [5.41, 5.74) is 5.17. The second kappa shape index (κ2) is 6.71. The maximum Gasteiger partial charge on any atom is 0.314 e. The third-order valence-electron chi connectivity index (χ3n) is 2.50. The fourth-order valence-corrected chi connectivity index (χ4v) is 1.68. The molecule has 0 heterocycles. The lowest BCUT2D eigenvalue weighted by molar-refractivity contribution is 0.150. The lowest BCUT2D eigenvalue weighted by Gasteiger charge is -2.23. The first-order valence-corrected chi connectivity index (χ1v) is 6.32. The van der Waals surface area contributed by atoms with Gasteiger partial charge in [-0.15, -0.1) is 0 Å². The molecule has 1 unspecified atom stereocenters. The van der Waals surface area contributed by atoms with Crippen molar-refractivity contribution in [2.45, 2.75) is 19.4 Å². The first kappa shape index (κ1) is 14.9. The van der Waals surface area contributed by atoms with Crippen molar-refractivity contribution in [3.63, 3.8) is 0 Å². The third kappa shape index (κ3) is 4.27. The molecule has 6 heteroatoms. The van der Waals surface area contributed by atoms with Crippen LogP contribution in [0.3, 0.4) is 0 Å². The summed E-state index contributed by atoms with van der Waals surface area (Å²) in [5.74, 6) is 0.620. The topological polar surface area (TPSA) is 55.6 Å². The monoisotopic (exact) mass is 290 g/mol. The van der Waals surface area contributed by atoms with E-state index in [1.165, 1.54) is 4.90 Å². The molecule has 1 aromatic rings. The maximum absolute atomic E-state index is 11.0. The number of amides is 2. The van der Waals surface area contributed by atoms with Gasteiger partial charge in [0.25, 0.3) is 0 Å². The number of primary amides is 1. The summed E-state index contributed by atoms with van der Waals surface area (Å²) in [5, 5.41) is 0.915. The Hall–Kier alpha value is -1.13. The highest BCUT2D eigenvalue weighted by Gasteiger charge is 2.14. The second-order valence-corrected chi connectivity index (χ2v) is 4.76. The van der Waals surface area contributed by atoms with Crippen molar-refractivity contribution in [1.29, 1.82) is 0 Å². The van der Waals surface area contributed by atoms with E-state index in [9.17, 15) is 4.79 Å². The van der Waals surface area contributed by atoms with Crippen LogP contribution in [0.1, 0.15) is 13.3 Å². The van der Waals surface area contributed by atoms with Crippen LogP contribution in [0.2, 0.25) is 10.0 Å². The van der Waals surface area contributed by atoms with E-state index < -0.39 is 6.03 Å². The van der Waals surface area contributed by atoms with E-state index in [2.05, 4.69) is 0 Å². The largest absolute Gasteiger partial charge is 0.489 e. The first-order chi connectivity index (χ1) is 8.43. The van der Waals surface area contributed by atoms with Crippen molar-refractivity contribution in [2.75, 3.05) is 13.6 Å². The molecule has 0 fully saturated rings. The Morgan fingerprint density at radius 1 is 1.44 bits per heavy atom. The Balaban J connectivity index is 2.67. The van der Waals surface area contributed by atoms with Crippen LogP contribution in [0, 0.1) is 0 Å². The van der Waals surface area contributed by atoms with E-state index in [1.54, 1.807) is 25.2 Å². The number of ether oxygens (including phenoxy) is 1. The van der Waals surface area contributed by atoms with E-state index in [4.69, 9.17) is 33.7 Å². The van der Waals surface area contributed by atoms with Crippen molar-refractivity contribution < 1.29 is 9.53 Å². The van der Waals surface area contributed by atoms with Crippen LogP contribution in [0.5, 0.6) is 5.75 Å². The number of urea groups is 1. The van der Waals surface area contributed by atoms with Crippen molar-refractivity contribution in [3.8, 4) is 5.75 Å². The van der Waals surface area contributed by atoms with Crippen LogP contribution in [-0.2, 0) is 0 Å². The lowest BCUT2D eigenvalue weighted by Crippen LogP contribution is -2.39. The fraction of sp³-hybridized carbons (Fsp3) is 0.417. The predicted molar refractivity (Wildman–Crippen MR) is 73.4 cm³/mol. The summed E-state index contributed by atoms with van der Waals surface area (Å²) in [6.07, 6.45) is 0.609. The van der Waals surface area contributed by atoms with Gasteiger partial charge in [-0.2, -0.15) is 0 Å². The molecule has 0 saturated heterocycles. The number of nitrogens with two attached hydrogens (primary N) is 1. The lowest BCUT2D eigenvalue weighted by atomic mass is 10.2. The Bertz CT molecular complexity index is 427. The summed E-state index contributed by atoms with van der Waals surface area (Å²) in [4.78, 5) is 12.4. The minimum atomic E-state index is -0.480.